The molecular weight excluding hydrogens is 264 g/mol. The van der Waals surface area contributed by atoms with Gasteiger partial charge >= 0.3 is 5.97 Å². The second-order valence-electron chi connectivity index (χ2n) is 4.52. The molecule has 6 heteroatoms. The molecule has 100 valence electrons. The first-order valence-electron chi connectivity index (χ1n) is 6.16. The van der Waals surface area contributed by atoms with E-state index in [1.54, 1.807) is 0 Å². The fraction of sp³-hybridized carbons (Fsp3) is 0.385. The average Bonchev–Trinajstić information content (AvgIpc) is 2.82. The van der Waals surface area contributed by atoms with Crippen molar-refractivity contribution in [3.63, 3.8) is 0 Å². The molecule has 1 aromatic carbocycles. The van der Waals surface area contributed by atoms with Crippen molar-refractivity contribution < 1.29 is 14.6 Å². The molecule has 0 bridgehead atoms. The highest BCUT2D eigenvalue weighted by Gasteiger charge is 2.27. The molecule has 1 saturated heterocycles. The standard InChI is InChI=1S/C13H14N2O3S/c16-12(17)7-9-8-18-6-5-15(9)13-10-3-1-2-4-11(10)14-19-13/h1-4,9H,5-8H2,(H,16,17). The van der Waals surface area contributed by atoms with E-state index in [1.165, 1.54) is 11.5 Å². The topological polar surface area (TPSA) is 62.7 Å². The molecule has 0 amide bonds. The van der Waals surface area contributed by atoms with Crippen molar-refractivity contribution in [3.8, 4) is 0 Å². The van der Waals surface area contributed by atoms with Gasteiger partial charge in [0.05, 0.1) is 31.2 Å². The van der Waals surface area contributed by atoms with Crippen molar-refractivity contribution in [2.75, 3.05) is 24.7 Å². The Morgan fingerprint density at radius 3 is 3.21 bits per heavy atom. The molecule has 1 fully saturated rings. The van der Waals surface area contributed by atoms with Gasteiger partial charge in [-0.25, -0.2) is 0 Å². The third-order valence-corrected chi connectivity index (χ3v) is 4.18. The lowest BCUT2D eigenvalue weighted by Crippen LogP contribution is -2.46. The van der Waals surface area contributed by atoms with Crippen LogP contribution in [0.25, 0.3) is 10.9 Å². The van der Waals surface area contributed by atoms with Gasteiger partial charge in [-0.1, -0.05) is 12.1 Å². The molecule has 1 N–H and O–H groups in total. The number of hydrogen-bond acceptors (Lipinski definition) is 5. The number of fused-ring (bicyclic) bond motifs is 1. The van der Waals surface area contributed by atoms with Gasteiger partial charge < -0.3 is 14.7 Å². The van der Waals surface area contributed by atoms with E-state index >= 15 is 0 Å². The van der Waals surface area contributed by atoms with Crippen LogP contribution in [0.2, 0.25) is 0 Å². The van der Waals surface area contributed by atoms with Crippen LogP contribution in [0, 0.1) is 0 Å². The number of nitrogens with zero attached hydrogens (tertiary/aromatic N) is 2. The van der Waals surface area contributed by atoms with Crippen LogP contribution in [0.1, 0.15) is 6.42 Å². The van der Waals surface area contributed by atoms with E-state index in [9.17, 15) is 4.79 Å². The van der Waals surface area contributed by atoms with Gasteiger partial charge in [0.2, 0.25) is 0 Å². The van der Waals surface area contributed by atoms with Crippen LogP contribution in [0.4, 0.5) is 5.00 Å². The van der Waals surface area contributed by atoms with Gasteiger partial charge in [0.15, 0.2) is 0 Å². The third kappa shape index (κ3) is 2.41. The largest absolute Gasteiger partial charge is 0.481 e. The molecule has 0 aliphatic carbocycles. The summed E-state index contributed by atoms with van der Waals surface area (Å²) in [5, 5.41) is 11.1. The van der Waals surface area contributed by atoms with E-state index in [0.717, 1.165) is 15.9 Å². The number of aliphatic carboxylic acids is 1. The minimum atomic E-state index is -0.797. The van der Waals surface area contributed by atoms with Crippen LogP contribution in [-0.4, -0.2) is 41.2 Å². The molecule has 1 aliphatic rings. The Bertz CT molecular complexity index is 598. The molecule has 1 unspecified atom stereocenters. The zero-order valence-electron chi connectivity index (χ0n) is 10.3. The van der Waals surface area contributed by atoms with Crippen molar-refractivity contribution in [1.29, 1.82) is 0 Å². The summed E-state index contributed by atoms with van der Waals surface area (Å²) in [6, 6.07) is 7.83. The molecule has 1 aliphatic heterocycles. The summed E-state index contributed by atoms with van der Waals surface area (Å²) in [6.45, 7) is 1.80. The Morgan fingerprint density at radius 2 is 2.37 bits per heavy atom. The highest BCUT2D eigenvalue weighted by atomic mass is 32.1. The van der Waals surface area contributed by atoms with Crippen molar-refractivity contribution >= 4 is 33.4 Å². The first-order valence-corrected chi connectivity index (χ1v) is 6.93. The lowest BCUT2D eigenvalue weighted by molar-refractivity contribution is -0.138. The maximum Gasteiger partial charge on any atom is 0.305 e. The highest BCUT2D eigenvalue weighted by Crippen LogP contribution is 2.33. The fourth-order valence-corrected chi connectivity index (χ4v) is 3.34. The second kappa shape index (κ2) is 5.14. The van der Waals surface area contributed by atoms with Gasteiger partial charge in [0.1, 0.15) is 5.00 Å². The Morgan fingerprint density at radius 1 is 1.53 bits per heavy atom. The predicted octanol–water partition coefficient (Wildman–Crippen LogP) is 1.98. The van der Waals surface area contributed by atoms with E-state index in [4.69, 9.17) is 9.84 Å². The Labute approximate surface area is 114 Å². The number of hydrogen-bond donors (Lipinski definition) is 1. The summed E-state index contributed by atoms with van der Waals surface area (Å²) in [7, 11) is 0. The number of carbonyl (C=O) groups is 1. The van der Waals surface area contributed by atoms with Gasteiger partial charge in [-0.05, 0) is 23.7 Å². The minimum absolute atomic E-state index is 0.0895. The van der Waals surface area contributed by atoms with Crippen LogP contribution < -0.4 is 4.90 Å². The highest BCUT2D eigenvalue weighted by molar-refractivity contribution is 7.11. The van der Waals surface area contributed by atoms with Gasteiger partial charge in [0.25, 0.3) is 0 Å². The van der Waals surface area contributed by atoms with E-state index in [-0.39, 0.29) is 12.5 Å². The van der Waals surface area contributed by atoms with Crippen LogP contribution in [-0.2, 0) is 9.53 Å². The predicted molar refractivity (Wildman–Crippen MR) is 73.8 cm³/mol. The molecule has 19 heavy (non-hydrogen) atoms. The van der Waals surface area contributed by atoms with Crippen LogP contribution in [0.15, 0.2) is 24.3 Å². The average molecular weight is 278 g/mol. The maximum atomic E-state index is 11.0. The number of ether oxygens (including phenoxy) is 1. The summed E-state index contributed by atoms with van der Waals surface area (Å²) in [6.07, 6.45) is 0.0895. The van der Waals surface area contributed by atoms with E-state index in [2.05, 4.69) is 9.27 Å². The van der Waals surface area contributed by atoms with Gasteiger partial charge in [0, 0.05) is 11.9 Å². The number of carboxylic acids is 1. The zero-order valence-corrected chi connectivity index (χ0v) is 11.1. The van der Waals surface area contributed by atoms with Crippen molar-refractivity contribution in [2.45, 2.75) is 12.5 Å². The lowest BCUT2D eigenvalue weighted by atomic mass is 10.1. The number of rotatable bonds is 3. The van der Waals surface area contributed by atoms with Gasteiger partial charge in [-0.2, -0.15) is 4.37 Å². The lowest BCUT2D eigenvalue weighted by Gasteiger charge is -2.35. The number of carboxylic acid groups (broad SMARTS) is 1. The first-order chi connectivity index (χ1) is 9.25. The Kier molecular flexibility index (Phi) is 3.35. The Hall–Kier alpha value is -1.66. The van der Waals surface area contributed by atoms with E-state index < -0.39 is 5.97 Å². The van der Waals surface area contributed by atoms with Crippen molar-refractivity contribution in [2.24, 2.45) is 0 Å². The smallest absolute Gasteiger partial charge is 0.305 e. The maximum absolute atomic E-state index is 11.0. The van der Waals surface area contributed by atoms with Gasteiger partial charge in [-0.15, -0.1) is 0 Å². The molecule has 2 aromatic rings. The molecule has 0 radical (unpaired) electrons. The van der Waals surface area contributed by atoms with E-state index in [0.29, 0.717) is 19.8 Å². The van der Waals surface area contributed by atoms with Crippen LogP contribution in [0.3, 0.4) is 0 Å². The number of morpholine rings is 1. The van der Waals surface area contributed by atoms with Crippen molar-refractivity contribution in [3.05, 3.63) is 24.3 Å². The third-order valence-electron chi connectivity index (χ3n) is 3.26. The second-order valence-corrected chi connectivity index (χ2v) is 5.28. The van der Waals surface area contributed by atoms with Crippen LogP contribution >= 0.6 is 11.5 Å². The molecule has 1 aromatic heterocycles. The Balaban J connectivity index is 1.95. The summed E-state index contributed by atoms with van der Waals surface area (Å²) < 4.78 is 9.82. The molecule has 1 atom stereocenters. The van der Waals surface area contributed by atoms with Crippen molar-refractivity contribution in [1.82, 2.24) is 4.37 Å². The molecule has 3 rings (SSSR count). The van der Waals surface area contributed by atoms with Crippen LogP contribution in [0.5, 0.6) is 0 Å². The molecular formula is C13H14N2O3S. The number of benzene rings is 1. The fourth-order valence-electron chi connectivity index (χ4n) is 2.38. The summed E-state index contributed by atoms with van der Waals surface area (Å²) in [5.74, 6) is -0.797. The first kappa shape index (κ1) is 12.4. The molecule has 0 saturated carbocycles. The molecule has 5 nitrogen and oxygen atoms in total. The molecule has 0 spiro atoms. The zero-order chi connectivity index (χ0) is 13.2. The number of anilines is 1. The molecule has 2 heterocycles. The van der Waals surface area contributed by atoms with E-state index in [1.807, 2.05) is 24.3 Å². The SMILES string of the molecule is O=C(O)CC1COCCN1c1snc2ccccc12. The van der Waals surface area contributed by atoms with Gasteiger partial charge in [-0.3, -0.25) is 4.79 Å². The summed E-state index contributed by atoms with van der Waals surface area (Å²) in [4.78, 5) is 13.1. The number of aromatic nitrogens is 1. The monoisotopic (exact) mass is 278 g/mol. The minimum Gasteiger partial charge on any atom is -0.481 e. The quantitative estimate of drug-likeness (QED) is 0.930. The normalized spacial score (nSPS) is 19.8. The summed E-state index contributed by atoms with van der Waals surface area (Å²) >= 11 is 1.43. The summed E-state index contributed by atoms with van der Waals surface area (Å²) in [5.41, 5.74) is 0.961.